The van der Waals surface area contributed by atoms with Crippen LogP contribution in [0.15, 0.2) is 41.0 Å². The van der Waals surface area contributed by atoms with Crippen LogP contribution in [0, 0.1) is 0 Å². The summed E-state index contributed by atoms with van der Waals surface area (Å²) < 4.78 is 16.3. The van der Waals surface area contributed by atoms with Crippen molar-refractivity contribution in [3.63, 3.8) is 0 Å². The minimum Gasteiger partial charge on any atom is -0.450 e. The summed E-state index contributed by atoms with van der Waals surface area (Å²) in [5, 5.41) is 0. The first-order chi connectivity index (χ1) is 11.1. The number of oxazole rings is 1. The molecular weight excluding hydrogens is 296 g/mol. The van der Waals surface area contributed by atoms with E-state index in [2.05, 4.69) is 4.98 Å². The monoisotopic (exact) mass is 316 g/mol. The molecule has 0 bridgehead atoms. The Morgan fingerprint density at radius 1 is 1.39 bits per heavy atom. The molecule has 1 amide bonds. The second-order valence-electron chi connectivity index (χ2n) is 5.60. The van der Waals surface area contributed by atoms with Gasteiger partial charge in [0, 0.05) is 6.54 Å². The second-order valence-corrected chi connectivity index (χ2v) is 5.60. The quantitative estimate of drug-likeness (QED) is 0.867. The van der Waals surface area contributed by atoms with Gasteiger partial charge >= 0.3 is 6.08 Å². The Morgan fingerprint density at radius 3 is 2.91 bits per heavy atom. The highest BCUT2D eigenvalue weighted by atomic mass is 16.6. The zero-order valence-corrected chi connectivity index (χ0v) is 13.3. The number of benzene rings is 1. The average molecular weight is 316 g/mol. The molecule has 1 aliphatic rings. The maximum Gasteiger partial charge on any atom is 0.394 e. The highest BCUT2D eigenvalue weighted by Crippen LogP contribution is 2.30. The molecule has 1 fully saturated rings. The van der Waals surface area contributed by atoms with E-state index >= 15 is 0 Å². The second kappa shape index (κ2) is 6.42. The molecule has 3 rings (SSSR count). The zero-order valence-electron chi connectivity index (χ0n) is 13.3. The summed E-state index contributed by atoms with van der Waals surface area (Å²) in [5.41, 5.74) is 0.778. The van der Waals surface area contributed by atoms with Crippen LogP contribution in [0.3, 0.4) is 0 Å². The molecule has 122 valence electrons. The lowest BCUT2D eigenvalue weighted by Crippen LogP contribution is -2.50. The lowest BCUT2D eigenvalue weighted by molar-refractivity contribution is -0.0931. The molecule has 2 aromatic rings. The van der Waals surface area contributed by atoms with Crippen molar-refractivity contribution in [1.29, 1.82) is 0 Å². The lowest BCUT2D eigenvalue weighted by atomic mass is 9.94. The van der Waals surface area contributed by atoms with Crippen LogP contribution in [0.4, 0.5) is 0 Å². The van der Waals surface area contributed by atoms with Crippen LogP contribution in [-0.4, -0.2) is 42.1 Å². The van der Waals surface area contributed by atoms with Crippen molar-refractivity contribution in [2.45, 2.75) is 19.4 Å². The van der Waals surface area contributed by atoms with Gasteiger partial charge in [-0.05, 0) is 19.4 Å². The third kappa shape index (κ3) is 3.22. The largest absolute Gasteiger partial charge is 0.450 e. The van der Waals surface area contributed by atoms with E-state index in [1.54, 1.807) is 4.90 Å². The molecule has 1 saturated heterocycles. The summed E-state index contributed by atoms with van der Waals surface area (Å²) in [6.07, 6.45) is 1.46. The minimum atomic E-state index is -0.526. The third-order valence-corrected chi connectivity index (χ3v) is 3.92. The zero-order chi connectivity index (χ0) is 16.3. The predicted molar refractivity (Wildman–Crippen MR) is 83.3 cm³/mol. The minimum absolute atomic E-state index is 0.120. The number of aromatic nitrogens is 1. The van der Waals surface area contributed by atoms with Gasteiger partial charge in [0.1, 0.15) is 11.9 Å². The summed E-state index contributed by atoms with van der Waals surface area (Å²) in [6.45, 7) is 5.74. The predicted octanol–water partition coefficient (Wildman–Crippen LogP) is 2.46. The maximum absolute atomic E-state index is 12.6. The van der Waals surface area contributed by atoms with Crippen molar-refractivity contribution in [1.82, 2.24) is 9.88 Å². The number of carbonyl (C=O) groups excluding carboxylic acids is 1. The fourth-order valence-electron chi connectivity index (χ4n) is 2.72. The Bertz CT molecular complexity index is 670. The number of nitrogens with zero attached hydrogens (tertiary/aromatic N) is 2. The van der Waals surface area contributed by atoms with Gasteiger partial charge < -0.3 is 18.8 Å². The van der Waals surface area contributed by atoms with E-state index in [0.717, 1.165) is 5.56 Å². The van der Waals surface area contributed by atoms with E-state index in [0.29, 0.717) is 26.3 Å². The first kappa shape index (κ1) is 15.6. The van der Waals surface area contributed by atoms with Crippen molar-refractivity contribution < 1.29 is 18.7 Å². The Labute approximate surface area is 135 Å². The summed E-state index contributed by atoms with van der Waals surface area (Å²) >= 11 is 0. The molecular formula is C17H20N2O4. The van der Waals surface area contributed by atoms with Crippen molar-refractivity contribution in [2.75, 3.05) is 26.3 Å². The van der Waals surface area contributed by atoms with Crippen molar-refractivity contribution >= 4 is 5.91 Å². The van der Waals surface area contributed by atoms with Crippen molar-refractivity contribution in [3.8, 4) is 6.08 Å². The van der Waals surface area contributed by atoms with Gasteiger partial charge in [-0.15, -0.1) is 0 Å². The molecule has 1 unspecified atom stereocenters. The van der Waals surface area contributed by atoms with Gasteiger partial charge in [-0.3, -0.25) is 4.79 Å². The molecule has 6 heteroatoms. The first-order valence-electron chi connectivity index (χ1n) is 7.69. The molecule has 1 aliphatic heterocycles. The summed E-state index contributed by atoms with van der Waals surface area (Å²) in [7, 11) is 0. The number of carbonyl (C=O) groups is 1. The van der Waals surface area contributed by atoms with Crippen molar-refractivity contribution in [2.24, 2.45) is 0 Å². The SMILES string of the molecule is CCOc1nc(C(=O)N2CCOC(C)(c3ccccc3)C2)co1. The van der Waals surface area contributed by atoms with Gasteiger partial charge in [-0.1, -0.05) is 30.3 Å². The van der Waals surface area contributed by atoms with Crippen LogP contribution in [0.1, 0.15) is 29.9 Å². The van der Waals surface area contributed by atoms with Crippen LogP contribution >= 0.6 is 0 Å². The molecule has 6 nitrogen and oxygen atoms in total. The van der Waals surface area contributed by atoms with Gasteiger partial charge in [0.05, 0.1) is 19.8 Å². The smallest absolute Gasteiger partial charge is 0.394 e. The maximum atomic E-state index is 12.6. The first-order valence-corrected chi connectivity index (χ1v) is 7.69. The molecule has 0 aliphatic carbocycles. The summed E-state index contributed by atoms with van der Waals surface area (Å²) in [6, 6.07) is 9.92. The van der Waals surface area contributed by atoms with E-state index in [1.807, 2.05) is 44.2 Å². The number of hydrogen-bond donors (Lipinski definition) is 0. The Hall–Kier alpha value is -2.34. The topological polar surface area (TPSA) is 64.8 Å². The van der Waals surface area contributed by atoms with E-state index in [4.69, 9.17) is 13.9 Å². The Balaban J connectivity index is 1.76. The number of morpholine rings is 1. The molecule has 0 radical (unpaired) electrons. The molecule has 0 spiro atoms. The van der Waals surface area contributed by atoms with E-state index < -0.39 is 5.60 Å². The van der Waals surface area contributed by atoms with Gasteiger partial charge in [0.25, 0.3) is 5.91 Å². The van der Waals surface area contributed by atoms with Gasteiger partial charge in [-0.25, -0.2) is 0 Å². The lowest BCUT2D eigenvalue weighted by Gasteiger charge is -2.40. The summed E-state index contributed by atoms with van der Waals surface area (Å²) in [5.74, 6) is -0.176. The number of rotatable bonds is 4. The van der Waals surface area contributed by atoms with Gasteiger partial charge in [-0.2, -0.15) is 4.98 Å². The average Bonchev–Trinajstić information content (AvgIpc) is 3.04. The van der Waals surface area contributed by atoms with Crippen LogP contribution < -0.4 is 4.74 Å². The molecule has 1 atom stereocenters. The van der Waals surface area contributed by atoms with Crippen LogP contribution in [0.5, 0.6) is 6.08 Å². The van der Waals surface area contributed by atoms with E-state index in [9.17, 15) is 4.79 Å². The van der Waals surface area contributed by atoms with Gasteiger partial charge in [0.2, 0.25) is 0 Å². The van der Waals surface area contributed by atoms with Crippen molar-refractivity contribution in [3.05, 3.63) is 47.9 Å². The van der Waals surface area contributed by atoms with E-state index in [-0.39, 0.29) is 17.7 Å². The standard InChI is InChI=1S/C17H20N2O4/c1-3-21-16-18-14(11-22-16)15(20)19-9-10-23-17(2,12-19)13-7-5-4-6-8-13/h4-8,11H,3,9-10,12H2,1-2H3. The normalized spacial score (nSPS) is 21.2. The van der Waals surface area contributed by atoms with Crippen LogP contribution in [-0.2, 0) is 10.3 Å². The van der Waals surface area contributed by atoms with Crippen LogP contribution in [0.25, 0.3) is 0 Å². The highest BCUT2D eigenvalue weighted by molar-refractivity contribution is 5.92. The van der Waals surface area contributed by atoms with E-state index in [1.165, 1.54) is 6.26 Å². The number of amides is 1. The number of ether oxygens (including phenoxy) is 2. The molecule has 0 saturated carbocycles. The Morgan fingerprint density at radius 2 is 2.17 bits per heavy atom. The molecule has 2 heterocycles. The summed E-state index contributed by atoms with van der Waals surface area (Å²) in [4.78, 5) is 18.4. The fourth-order valence-corrected chi connectivity index (χ4v) is 2.72. The highest BCUT2D eigenvalue weighted by Gasteiger charge is 2.36. The molecule has 23 heavy (non-hydrogen) atoms. The molecule has 1 aromatic heterocycles. The third-order valence-electron chi connectivity index (χ3n) is 3.92. The van der Waals surface area contributed by atoms with Crippen LogP contribution in [0.2, 0.25) is 0 Å². The molecule has 1 aromatic carbocycles. The Kier molecular flexibility index (Phi) is 4.34. The fraction of sp³-hybridized carbons (Fsp3) is 0.412. The number of hydrogen-bond acceptors (Lipinski definition) is 5. The molecule has 0 N–H and O–H groups in total. The van der Waals surface area contributed by atoms with Gasteiger partial charge in [0.15, 0.2) is 5.69 Å².